The monoisotopic (exact) mass is 393 g/mol. The van der Waals surface area contributed by atoms with Crippen molar-refractivity contribution in [2.75, 3.05) is 5.32 Å². The van der Waals surface area contributed by atoms with Gasteiger partial charge in [-0.05, 0) is 79.0 Å². The molecule has 3 aliphatic rings. The molecular formula is C23H21F2N3O. The number of hydrogen-bond donors (Lipinski definition) is 1. The van der Waals surface area contributed by atoms with Crippen LogP contribution < -0.4 is 5.32 Å². The number of anilines is 1. The Kier molecular flexibility index (Phi) is 3.95. The van der Waals surface area contributed by atoms with Crippen LogP contribution in [0.3, 0.4) is 0 Å². The maximum atomic E-state index is 13.7. The first-order valence-corrected chi connectivity index (χ1v) is 9.84. The van der Waals surface area contributed by atoms with Crippen molar-refractivity contribution in [2.24, 2.45) is 16.7 Å². The number of aromatic nitrogens is 2. The topological polar surface area (TPSA) is 54.9 Å². The lowest BCUT2D eigenvalue weighted by molar-refractivity contribution is -0.228. The van der Waals surface area contributed by atoms with Gasteiger partial charge in [0.05, 0.1) is 11.2 Å². The molecule has 1 heterocycles. The highest BCUT2D eigenvalue weighted by Crippen LogP contribution is 2.77. The molecule has 0 saturated heterocycles. The zero-order valence-electron chi connectivity index (χ0n) is 16.1. The van der Waals surface area contributed by atoms with E-state index in [0.29, 0.717) is 5.69 Å². The Balaban J connectivity index is 1.26. The summed E-state index contributed by atoms with van der Waals surface area (Å²) in [7, 11) is 0. The van der Waals surface area contributed by atoms with E-state index in [1.807, 2.05) is 6.92 Å². The molecular weight excluding hydrogens is 372 g/mol. The van der Waals surface area contributed by atoms with E-state index in [4.69, 9.17) is 0 Å². The highest BCUT2D eigenvalue weighted by atomic mass is 19.1. The Hall–Kier alpha value is -2.89. The molecule has 1 N–H and O–H groups in total. The number of nitrogens with one attached hydrogen (secondary N) is 1. The van der Waals surface area contributed by atoms with E-state index in [9.17, 15) is 13.6 Å². The average Bonchev–Trinajstić information content (AvgIpc) is 2.65. The fourth-order valence-corrected chi connectivity index (χ4v) is 5.37. The fourth-order valence-electron chi connectivity index (χ4n) is 5.37. The van der Waals surface area contributed by atoms with Crippen LogP contribution in [0, 0.1) is 28.4 Å². The summed E-state index contributed by atoms with van der Waals surface area (Å²) >= 11 is 0. The maximum absolute atomic E-state index is 13.7. The van der Waals surface area contributed by atoms with Gasteiger partial charge in [0.1, 0.15) is 18.0 Å². The molecule has 3 saturated carbocycles. The molecule has 3 fully saturated rings. The minimum Gasteiger partial charge on any atom is -0.326 e. The summed E-state index contributed by atoms with van der Waals surface area (Å²) in [4.78, 5) is 21.3. The van der Waals surface area contributed by atoms with Gasteiger partial charge in [0.2, 0.25) is 5.91 Å². The lowest BCUT2D eigenvalue weighted by Crippen LogP contribution is -2.66. The standard InChI is InChI=1S/C23H21F2N3O/c1-14(21(29)28-17-5-2-15(24)3-6-17)23-10-22(11-23,12-23)9-20-18-8-16(25)4-7-19(18)26-13-27-20/h2-8,13-14H,9-12H2,1H3,(H,28,29). The first-order valence-electron chi connectivity index (χ1n) is 9.84. The molecule has 0 aliphatic heterocycles. The number of nitrogens with zero attached hydrogens (tertiary/aromatic N) is 2. The van der Waals surface area contributed by atoms with Crippen LogP contribution in [0.25, 0.3) is 10.9 Å². The van der Waals surface area contributed by atoms with E-state index in [1.54, 1.807) is 18.2 Å². The molecule has 1 amide bonds. The van der Waals surface area contributed by atoms with Crippen LogP contribution in [-0.4, -0.2) is 15.9 Å². The van der Waals surface area contributed by atoms with Crippen molar-refractivity contribution in [1.82, 2.24) is 9.97 Å². The molecule has 2 bridgehead atoms. The lowest BCUT2D eigenvalue weighted by atomic mass is 9.31. The van der Waals surface area contributed by atoms with Gasteiger partial charge in [-0.3, -0.25) is 4.79 Å². The van der Waals surface area contributed by atoms with Crippen molar-refractivity contribution in [3.8, 4) is 0 Å². The van der Waals surface area contributed by atoms with Crippen molar-refractivity contribution in [2.45, 2.75) is 32.6 Å². The predicted molar refractivity (Wildman–Crippen MR) is 106 cm³/mol. The van der Waals surface area contributed by atoms with E-state index in [0.717, 1.165) is 42.3 Å². The van der Waals surface area contributed by atoms with Gasteiger partial charge in [-0.15, -0.1) is 0 Å². The van der Waals surface area contributed by atoms with Gasteiger partial charge in [0.25, 0.3) is 0 Å². The van der Waals surface area contributed by atoms with E-state index in [1.165, 1.54) is 30.6 Å². The summed E-state index contributed by atoms with van der Waals surface area (Å²) in [5.74, 6) is -0.753. The Bertz CT molecular complexity index is 1090. The highest BCUT2D eigenvalue weighted by molar-refractivity contribution is 5.93. The first kappa shape index (κ1) is 18.2. The molecule has 4 nitrogen and oxygen atoms in total. The fraction of sp³-hybridized carbons (Fsp3) is 0.348. The van der Waals surface area contributed by atoms with Gasteiger partial charge in [0, 0.05) is 17.0 Å². The van der Waals surface area contributed by atoms with E-state index in [2.05, 4.69) is 15.3 Å². The van der Waals surface area contributed by atoms with Gasteiger partial charge in [-0.2, -0.15) is 0 Å². The van der Waals surface area contributed by atoms with Crippen molar-refractivity contribution < 1.29 is 13.6 Å². The molecule has 2 aromatic carbocycles. The van der Waals surface area contributed by atoms with Crippen LogP contribution in [0.2, 0.25) is 0 Å². The van der Waals surface area contributed by atoms with Gasteiger partial charge in [-0.1, -0.05) is 6.92 Å². The zero-order valence-corrected chi connectivity index (χ0v) is 16.1. The molecule has 29 heavy (non-hydrogen) atoms. The Morgan fingerprint density at radius 3 is 2.48 bits per heavy atom. The van der Waals surface area contributed by atoms with Gasteiger partial charge < -0.3 is 5.32 Å². The molecule has 3 aliphatic carbocycles. The smallest absolute Gasteiger partial charge is 0.227 e. The Morgan fingerprint density at radius 1 is 1.07 bits per heavy atom. The van der Waals surface area contributed by atoms with Crippen LogP contribution >= 0.6 is 0 Å². The normalized spacial score (nSPS) is 25.8. The molecule has 148 valence electrons. The molecule has 1 aromatic heterocycles. The summed E-state index contributed by atoms with van der Waals surface area (Å²) in [6.45, 7) is 1.97. The highest BCUT2D eigenvalue weighted by Gasteiger charge is 2.70. The minimum absolute atomic E-state index is 0.0260. The van der Waals surface area contributed by atoms with E-state index >= 15 is 0 Å². The van der Waals surface area contributed by atoms with Crippen LogP contribution in [0.5, 0.6) is 0 Å². The van der Waals surface area contributed by atoms with Gasteiger partial charge in [0.15, 0.2) is 0 Å². The number of amides is 1. The van der Waals surface area contributed by atoms with E-state index in [-0.39, 0.29) is 34.3 Å². The summed E-state index contributed by atoms with van der Waals surface area (Å²) in [5, 5.41) is 3.66. The van der Waals surface area contributed by atoms with Crippen LogP contribution in [0.4, 0.5) is 14.5 Å². The second-order valence-corrected chi connectivity index (χ2v) is 8.77. The number of benzene rings is 2. The molecule has 3 aromatic rings. The summed E-state index contributed by atoms with van der Waals surface area (Å²) in [6.07, 6.45) is 5.23. The third-order valence-electron chi connectivity index (χ3n) is 6.83. The summed E-state index contributed by atoms with van der Waals surface area (Å²) in [6, 6.07) is 10.4. The lowest BCUT2D eigenvalue weighted by Gasteiger charge is -2.73. The molecule has 1 unspecified atom stereocenters. The predicted octanol–water partition coefficient (Wildman–Crippen LogP) is 4.90. The first-order chi connectivity index (χ1) is 13.9. The summed E-state index contributed by atoms with van der Waals surface area (Å²) in [5.41, 5.74) is 2.42. The van der Waals surface area contributed by atoms with Crippen LogP contribution in [-0.2, 0) is 11.2 Å². The Labute approximate surface area is 167 Å². The van der Waals surface area contributed by atoms with Crippen molar-refractivity contribution in [3.05, 3.63) is 66.1 Å². The molecule has 1 atom stereocenters. The quantitative estimate of drug-likeness (QED) is 0.671. The number of rotatable bonds is 5. The summed E-state index contributed by atoms with van der Waals surface area (Å²) < 4.78 is 26.7. The largest absolute Gasteiger partial charge is 0.326 e. The SMILES string of the molecule is CC(C(=O)Nc1ccc(F)cc1)C12CC(Cc3ncnc4ccc(F)cc34)(C1)C2. The number of carbonyl (C=O) groups is 1. The van der Waals surface area contributed by atoms with Crippen LogP contribution in [0.15, 0.2) is 48.8 Å². The van der Waals surface area contributed by atoms with Gasteiger partial charge in [-0.25, -0.2) is 18.7 Å². The van der Waals surface area contributed by atoms with Gasteiger partial charge >= 0.3 is 0 Å². The molecule has 6 heteroatoms. The minimum atomic E-state index is -0.325. The Morgan fingerprint density at radius 2 is 1.76 bits per heavy atom. The second kappa shape index (κ2) is 6.31. The molecule has 0 radical (unpaired) electrons. The zero-order chi connectivity index (χ0) is 20.2. The van der Waals surface area contributed by atoms with Crippen molar-refractivity contribution in [1.29, 1.82) is 0 Å². The third kappa shape index (κ3) is 2.98. The van der Waals surface area contributed by atoms with E-state index < -0.39 is 0 Å². The number of carbonyl (C=O) groups excluding carboxylic acids is 1. The maximum Gasteiger partial charge on any atom is 0.227 e. The second-order valence-electron chi connectivity index (χ2n) is 8.77. The van der Waals surface area contributed by atoms with Crippen LogP contribution in [0.1, 0.15) is 31.9 Å². The third-order valence-corrected chi connectivity index (χ3v) is 6.83. The van der Waals surface area contributed by atoms with Crippen molar-refractivity contribution in [3.63, 3.8) is 0 Å². The molecule has 6 rings (SSSR count). The number of hydrogen-bond acceptors (Lipinski definition) is 3. The average molecular weight is 393 g/mol. The molecule has 0 spiro atoms. The number of halogens is 2. The van der Waals surface area contributed by atoms with Crippen molar-refractivity contribution >= 4 is 22.5 Å². The number of fused-ring (bicyclic) bond motifs is 1.